The minimum atomic E-state index is -0.930. The number of nitriles is 1. The lowest BCUT2D eigenvalue weighted by Crippen LogP contribution is -2.46. The minimum Gasteiger partial charge on any atom is -0.479 e. The second-order valence-corrected chi connectivity index (χ2v) is 5.58. The fraction of sp³-hybridized carbons (Fsp3) is 0.444. The number of amides is 2. The van der Waals surface area contributed by atoms with Crippen LogP contribution in [-0.2, 0) is 19.1 Å². The average molecular weight is 361 g/mol. The number of benzene rings is 1. The Kier molecular flexibility index (Phi) is 8.64. The molecular formula is C18H23N3O5. The Hall–Kier alpha value is -3.08. The van der Waals surface area contributed by atoms with Crippen LogP contribution in [0.2, 0.25) is 0 Å². The highest BCUT2D eigenvalue weighted by atomic mass is 16.6. The van der Waals surface area contributed by atoms with Gasteiger partial charge in [-0.15, -0.1) is 0 Å². The van der Waals surface area contributed by atoms with Gasteiger partial charge in [-0.2, -0.15) is 5.26 Å². The highest BCUT2D eigenvalue weighted by Crippen LogP contribution is 2.13. The lowest BCUT2D eigenvalue weighted by molar-refractivity contribution is -0.155. The number of nitrogens with zero attached hydrogens (tertiary/aromatic N) is 1. The van der Waals surface area contributed by atoms with Gasteiger partial charge in [0.05, 0.1) is 11.6 Å². The molecule has 2 N–H and O–H groups in total. The first-order valence-corrected chi connectivity index (χ1v) is 8.27. The summed E-state index contributed by atoms with van der Waals surface area (Å²) in [4.78, 5) is 35.3. The Balaban J connectivity index is 2.38. The van der Waals surface area contributed by atoms with E-state index in [0.29, 0.717) is 17.9 Å². The molecule has 1 aromatic rings. The van der Waals surface area contributed by atoms with Gasteiger partial charge in [-0.3, -0.25) is 9.59 Å². The second-order valence-electron chi connectivity index (χ2n) is 5.58. The van der Waals surface area contributed by atoms with E-state index in [9.17, 15) is 14.4 Å². The summed E-state index contributed by atoms with van der Waals surface area (Å²) < 4.78 is 10.3. The van der Waals surface area contributed by atoms with Crippen LogP contribution in [0.1, 0.15) is 32.8 Å². The highest BCUT2D eigenvalue weighted by molar-refractivity contribution is 5.88. The number of carbonyl (C=O) groups excluding carboxylic acids is 3. The van der Waals surface area contributed by atoms with E-state index >= 15 is 0 Å². The van der Waals surface area contributed by atoms with E-state index < -0.39 is 30.6 Å². The Bertz CT molecular complexity index is 666. The van der Waals surface area contributed by atoms with Gasteiger partial charge in [-0.05, 0) is 44.5 Å². The Morgan fingerprint density at radius 1 is 1.19 bits per heavy atom. The molecule has 0 unspecified atom stereocenters. The summed E-state index contributed by atoms with van der Waals surface area (Å²) in [6.45, 7) is 4.97. The molecule has 140 valence electrons. The first kappa shape index (κ1) is 21.0. The number of nitrogens with one attached hydrogen (secondary N) is 2. The maximum atomic E-state index is 11.9. The van der Waals surface area contributed by atoms with Gasteiger partial charge in [0.25, 0.3) is 5.91 Å². The van der Waals surface area contributed by atoms with E-state index in [4.69, 9.17) is 14.7 Å². The van der Waals surface area contributed by atoms with Gasteiger partial charge in [-0.1, -0.05) is 6.92 Å². The van der Waals surface area contributed by atoms with Crippen molar-refractivity contribution in [3.8, 4) is 11.8 Å². The number of hydrogen-bond acceptors (Lipinski definition) is 6. The molecule has 0 fully saturated rings. The van der Waals surface area contributed by atoms with Crippen LogP contribution in [0.4, 0.5) is 0 Å². The van der Waals surface area contributed by atoms with E-state index in [1.165, 1.54) is 6.92 Å². The zero-order valence-corrected chi connectivity index (χ0v) is 15.1. The molecule has 0 aromatic heterocycles. The fourth-order valence-corrected chi connectivity index (χ4v) is 1.86. The van der Waals surface area contributed by atoms with Crippen LogP contribution in [0.5, 0.6) is 5.75 Å². The molecule has 0 radical (unpaired) electrons. The molecule has 0 heterocycles. The fourth-order valence-electron chi connectivity index (χ4n) is 1.86. The van der Waals surface area contributed by atoms with E-state index in [2.05, 4.69) is 10.6 Å². The van der Waals surface area contributed by atoms with Crippen LogP contribution in [0.25, 0.3) is 0 Å². The summed E-state index contributed by atoms with van der Waals surface area (Å²) in [5, 5.41) is 13.8. The number of esters is 1. The molecule has 2 amide bonds. The number of ether oxygens (including phenoxy) is 2. The van der Waals surface area contributed by atoms with Crippen LogP contribution < -0.4 is 15.4 Å². The van der Waals surface area contributed by atoms with E-state index in [0.717, 1.165) is 6.42 Å². The van der Waals surface area contributed by atoms with Crippen molar-refractivity contribution in [2.75, 3.05) is 13.2 Å². The number of rotatable bonds is 9. The van der Waals surface area contributed by atoms with E-state index in [1.807, 2.05) is 13.0 Å². The van der Waals surface area contributed by atoms with Gasteiger partial charge in [0.15, 0.2) is 12.7 Å². The molecule has 0 spiro atoms. The summed E-state index contributed by atoms with van der Waals surface area (Å²) in [5.74, 6) is -1.20. The summed E-state index contributed by atoms with van der Waals surface area (Å²) in [7, 11) is 0. The second kappa shape index (κ2) is 10.7. The summed E-state index contributed by atoms with van der Waals surface area (Å²) >= 11 is 0. The zero-order chi connectivity index (χ0) is 19.5. The molecule has 1 rings (SSSR count). The SMILES string of the molecule is CCCNC(=O)[C@H](C)NC(=O)COC(=O)[C@@H](C)Oc1ccc(C#N)cc1. The molecule has 0 aliphatic rings. The van der Waals surface area contributed by atoms with Gasteiger partial charge in [-0.25, -0.2) is 4.79 Å². The van der Waals surface area contributed by atoms with Crippen molar-refractivity contribution < 1.29 is 23.9 Å². The standard InChI is InChI=1S/C18H23N3O5/c1-4-9-20-17(23)12(2)21-16(22)11-25-18(24)13(3)26-15-7-5-14(10-19)6-8-15/h5-8,12-13H,4,9,11H2,1-3H3,(H,20,23)(H,21,22)/t12-,13+/m0/s1. The predicted molar refractivity (Wildman–Crippen MR) is 93.1 cm³/mol. The van der Waals surface area contributed by atoms with Crippen molar-refractivity contribution in [1.29, 1.82) is 5.26 Å². The molecule has 0 saturated heterocycles. The third-order valence-electron chi connectivity index (χ3n) is 3.29. The van der Waals surface area contributed by atoms with Gasteiger partial charge in [0, 0.05) is 6.54 Å². The van der Waals surface area contributed by atoms with Crippen molar-refractivity contribution in [1.82, 2.24) is 10.6 Å². The normalized spacial score (nSPS) is 12.2. The van der Waals surface area contributed by atoms with Crippen LogP contribution in [0.15, 0.2) is 24.3 Å². The molecule has 0 bridgehead atoms. The van der Waals surface area contributed by atoms with Crippen molar-refractivity contribution in [3.05, 3.63) is 29.8 Å². The van der Waals surface area contributed by atoms with Crippen molar-refractivity contribution in [2.24, 2.45) is 0 Å². The molecule has 0 aliphatic heterocycles. The molecular weight excluding hydrogens is 338 g/mol. The monoisotopic (exact) mass is 361 g/mol. The minimum absolute atomic E-state index is 0.302. The van der Waals surface area contributed by atoms with Gasteiger partial charge in [0.2, 0.25) is 5.91 Å². The van der Waals surface area contributed by atoms with Crippen molar-refractivity contribution in [3.63, 3.8) is 0 Å². The maximum Gasteiger partial charge on any atom is 0.347 e. The van der Waals surface area contributed by atoms with Gasteiger partial charge >= 0.3 is 5.97 Å². The molecule has 0 aliphatic carbocycles. The maximum absolute atomic E-state index is 11.9. The number of hydrogen-bond donors (Lipinski definition) is 2. The van der Waals surface area contributed by atoms with E-state index in [-0.39, 0.29) is 5.91 Å². The first-order chi connectivity index (χ1) is 12.4. The van der Waals surface area contributed by atoms with Crippen LogP contribution in [-0.4, -0.2) is 43.1 Å². The zero-order valence-electron chi connectivity index (χ0n) is 15.1. The van der Waals surface area contributed by atoms with E-state index in [1.54, 1.807) is 31.2 Å². The molecule has 8 nitrogen and oxygen atoms in total. The highest BCUT2D eigenvalue weighted by Gasteiger charge is 2.20. The first-order valence-electron chi connectivity index (χ1n) is 8.27. The molecule has 2 atom stereocenters. The summed E-state index contributed by atoms with van der Waals surface area (Å²) in [6, 6.07) is 7.50. The Morgan fingerprint density at radius 2 is 1.85 bits per heavy atom. The van der Waals surface area contributed by atoms with Gasteiger partial charge < -0.3 is 20.1 Å². The van der Waals surface area contributed by atoms with Crippen molar-refractivity contribution >= 4 is 17.8 Å². The Labute approximate surface area is 152 Å². The largest absolute Gasteiger partial charge is 0.479 e. The third-order valence-corrected chi connectivity index (χ3v) is 3.29. The number of carbonyl (C=O) groups is 3. The summed E-state index contributed by atoms with van der Waals surface area (Å²) in [5.41, 5.74) is 0.473. The lowest BCUT2D eigenvalue weighted by atomic mass is 10.2. The lowest BCUT2D eigenvalue weighted by Gasteiger charge is -2.16. The molecule has 1 aromatic carbocycles. The predicted octanol–water partition coefficient (Wildman–Crippen LogP) is 0.900. The molecule has 0 saturated carbocycles. The topological polar surface area (TPSA) is 118 Å². The van der Waals surface area contributed by atoms with Crippen molar-refractivity contribution in [2.45, 2.75) is 39.3 Å². The average Bonchev–Trinajstić information content (AvgIpc) is 2.64. The smallest absolute Gasteiger partial charge is 0.347 e. The van der Waals surface area contributed by atoms with Gasteiger partial charge in [0.1, 0.15) is 11.8 Å². The third kappa shape index (κ3) is 7.21. The molecule has 26 heavy (non-hydrogen) atoms. The molecule has 8 heteroatoms. The Morgan fingerprint density at radius 3 is 2.42 bits per heavy atom. The van der Waals surface area contributed by atoms with Crippen LogP contribution >= 0.6 is 0 Å². The quantitative estimate of drug-likeness (QED) is 0.631. The van der Waals surface area contributed by atoms with Crippen LogP contribution in [0, 0.1) is 11.3 Å². The van der Waals surface area contributed by atoms with Crippen LogP contribution in [0.3, 0.4) is 0 Å². The summed E-state index contributed by atoms with van der Waals surface area (Å²) in [6.07, 6.45) is -0.137.